The molecule has 3 rings (SSSR count). The van der Waals surface area contributed by atoms with E-state index in [-0.39, 0.29) is 16.2 Å². The average Bonchev–Trinajstić information content (AvgIpc) is 3.29. The van der Waals surface area contributed by atoms with Crippen LogP contribution in [0.15, 0.2) is 16.3 Å². The lowest BCUT2D eigenvalue weighted by Crippen LogP contribution is -3.15. The lowest BCUT2D eigenvalue weighted by molar-refractivity contribution is -0.895. The summed E-state index contributed by atoms with van der Waals surface area (Å²) in [7, 11) is -3.46. The Labute approximate surface area is 151 Å². The van der Waals surface area contributed by atoms with E-state index < -0.39 is 10.0 Å². The largest absolute Gasteiger partial charge is 0.348 e. The van der Waals surface area contributed by atoms with Crippen molar-refractivity contribution in [1.29, 1.82) is 0 Å². The molecular formula is C15H23ClN3O3S2+. The molecule has 9 heteroatoms. The van der Waals surface area contributed by atoms with Crippen LogP contribution in [0.4, 0.5) is 0 Å². The minimum atomic E-state index is -3.46. The van der Waals surface area contributed by atoms with Crippen molar-refractivity contribution in [1.82, 2.24) is 9.62 Å². The van der Waals surface area contributed by atoms with Gasteiger partial charge in [0.1, 0.15) is 4.21 Å². The van der Waals surface area contributed by atoms with Crippen molar-refractivity contribution < 1.29 is 18.1 Å². The number of nitrogens with zero attached hydrogens (tertiary/aromatic N) is 1. The Kier molecular flexibility index (Phi) is 5.51. The van der Waals surface area contributed by atoms with Crippen molar-refractivity contribution >= 4 is 38.9 Å². The summed E-state index contributed by atoms with van der Waals surface area (Å²) >= 11 is 6.92. The number of halogens is 1. The number of hydrogen-bond acceptors (Lipinski definition) is 4. The zero-order chi connectivity index (χ0) is 17.3. The Balaban J connectivity index is 1.49. The number of rotatable bonds is 6. The normalized spacial score (nSPS) is 21.6. The first-order valence-corrected chi connectivity index (χ1v) is 10.9. The molecule has 1 saturated heterocycles. The molecular weight excluding hydrogens is 370 g/mol. The number of piperazine rings is 1. The molecule has 0 radical (unpaired) electrons. The van der Waals surface area contributed by atoms with E-state index in [9.17, 15) is 13.2 Å². The van der Waals surface area contributed by atoms with E-state index in [1.807, 2.05) is 0 Å². The third kappa shape index (κ3) is 4.29. The molecule has 0 unspecified atom stereocenters. The van der Waals surface area contributed by atoms with Crippen LogP contribution in [0.25, 0.3) is 0 Å². The summed E-state index contributed by atoms with van der Waals surface area (Å²) in [5.41, 5.74) is 0. The number of nitrogens with one attached hydrogen (secondary N) is 2. The zero-order valence-corrected chi connectivity index (χ0v) is 16.0. The molecule has 1 aliphatic carbocycles. The van der Waals surface area contributed by atoms with Crippen LogP contribution in [0.1, 0.15) is 19.8 Å². The summed E-state index contributed by atoms with van der Waals surface area (Å²) in [6, 6.07) is 3.41. The van der Waals surface area contributed by atoms with E-state index in [4.69, 9.17) is 11.6 Å². The molecule has 1 aromatic rings. The molecule has 2 fully saturated rings. The van der Waals surface area contributed by atoms with E-state index in [1.165, 1.54) is 17.1 Å². The lowest BCUT2D eigenvalue weighted by Gasteiger charge is -2.31. The van der Waals surface area contributed by atoms with Crippen molar-refractivity contribution in [2.24, 2.45) is 5.92 Å². The molecule has 6 nitrogen and oxygen atoms in total. The maximum Gasteiger partial charge on any atom is 0.275 e. The molecule has 134 valence electrons. The summed E-state index contributed by atoms with van der Waals surface area (Å²) < 4.78 is 27.3. The van der Waals surface area contributed by atoms with Crippen LogP contribution in [0.5, 0.6) is 0 Å². The highest BCUT2D eigenvalue weighted by Gasteiger charge is 2.33. The Hall–Kier alpha value is -0.670. The van der Waals surface area contributed by atoms with Crippen LogP contribution in [0.2, 0.25) is 4.34 Å². The smallest absolute Gasteiger partial charge is 0.275 e. The summed E-state index contributed by atoms with van der Waals surface area (Å²) in [4.78, 5) is 13.2. The van der Waals surface area contributed by atoms with Gasteiger partial charge >= 0.3 is 0 Å². The highest BCUT2D eigenvalue weighted by atomic mass is 35.5. The van der Waals surface area contributed by atoms with Gasteiger partial charge in [0.05, 0.1) is 30.5 Å². The minimum Gasteiger partial charge on any atom is -0.348 e. The predicted molar refractivity (Wildman–Crippen MR) is 94.0 cm³/mol. The van der Waals surface area contributed by atoms with E-state index in [2.05, 4.69) is 12.2 Å². The van der Waals surface area contributed by atoms with Crippen LogP contribution in [-0.4, -0.2) is 57.4 Å². The molecule has 1 atom stereocenters. The van der Waals surface area contributed by atoms with Gasteiger partial charge < -0.3 is 10.2 Å². The van der Waals surface area contributed by atoms with Crippen LogP contribution in [0.3, 0.4) is 0 Å². The summed E-state index contributed by atoms with van der Waals surface area (Å²) in [5.74, 6) is 0.703. The van der Waals surface area contributed by atoms with Crippen LogP contribution < -0.4 is 10.2 Å². The minimum absolute atomic E-state index is 0.0609. The summed E-state index contributed by atoms with van der Waals surface area (Å²) in [6.07, 6.45) is 2.41. The maximum atomic E-state index is 12.5. The number of hydrogen-bond donors (Lipinski definition) is 2. The van der Waals surface area contributed by atoms with Gasteiger partial charge in [-0.25, -0.2) is 8.42 Å². The molecule has 1 amide bonds. The standard InChI is InChI=1S/C15H22ClN3O3S2/c1-11(12-2-3-12)17-14(20)10-18-6-8-19(9-7-18)24(21,22)15-5-4-13(16)23-15/h4-5,11-12H,2-3,6-10H2,1H3,(H,17,20)/p+1/t11-/m1/s1. The quantitative estimate of drug-likeness (QED) is 0.726. The number of carbonyl (C=O) groups is 1. The van der Waals surface area contributed by atoms with Gasteiger partial charge in [0, 0.05) is 6.04 Å². The molecule has 0 aromatic carbocycles. The third-order valence-electron chi connectivity index (χ3n) is 4.70. The molecule has 2 heterocycles. The second kappa shape index (κ2) is 7.29. The Morgan fingerprint density at radius 3 is 2.62 bits per heavy atom. The molecule has 2 N–H and O–H groups in total. The highest BCUT2D eigenvalue weighted by molar-refractivity contribution is 7.91. The van der Waals surface area contributed by atoms with Gasteiger partial charge in [-0.15, -0.1) is 11.3 Å². The predicted octanol–water partition coefficient (Wildman–Crippen LogP) is 0.205. The molecule has 0 bridgehead atoms. The second-order valence-corrected chi connectivity index (χ2v) is 10.5. The highest BCUT2D eigenvalue weighted by Crippen LogP contribution is 2.32. The van der Waals surface area contributed by atoms with Crippen molar-refractivity contribution in [3.63, 3.8) is 0 Å². The first-order chi connectivity index (χ1) is 11.4. The maximum absolute atomic E-state index is 12.5. The van der Waals surface area contributed by atoms with Crippen molar-refractivity contribution in [2.45, 2.75) is 30.0 Å². The Morgan fingerprint density at radius 1 is 1.42 bits per heavy atom. The molecule has 24 heavy (non-hydrogen) atoms. The van der Waals surface area contributed by atoms with Gasteiger partial charge in [0.25, 0.3) is 15.9 Å². The average molecular weight is 393 g/mol. The number of sulfonamides is 1. The van der Waals surface area contributed by atoms with Gasteiger partial charge in [-0.3, -0.25) is 4.79 Å². The number of thiophene rings is 1. The SMILES string of the molecule is C[C@@H](NC(=O)C[NH+]1CCN(S(=O)(=O)c2ccc(Cl)s2)CC1)C1CC1. The first kappa shape index (κ1) is 18.1. The van der Waals surface area contributed by atoms with Gasteiger partial charge in [0.15, 0.2) is 6.54 Å². The van der Waals surface area contributed by atoms with E-state index >= 15 is 0 Å². The number of amides is 1. The number of carbonyl (C=O) groups excluding carboxylic acids is 1. The van der Waals surface area contributed by atoms with Gasteiger partial charge in [-0.05, 0) is 37.8 Å². The van der Waals surface area contributed by atoms with Crippen molar-refractivity contribution in [3.8, 4) is 0 Å². The molecule has 0 spiro atoms. The molecule has 1 saturated carbocycles. The van der Waals surface area contributed by atoms with Crippen LogP contribution in [0, 0.1) is 5.92 Å². The Morgan fingerprint density at radius 2 is 2.08 bits per heavy atom. The van der Waals surface area contributed by atoms with Crippen molar-refractivity contribution in [3.05, 3.63) is 16.5 Å². The van der Waals surface area contributed by atoms with Crippen molar-refractivity contribution in [2.75, 3.05) is 32.7 Å². The van der Waals surface area contributed by atoms with Crippen LogP contribution in [-0.2, 0) is 14.8 Å². The molecule has 1 aliphatic heterocycles. The lowest BCUT2D eigenvalue weighted by atomic mass is 10.2. The summed E-state index contributed by atoms with van der Waals surface area (Å²) in [5, 5.41) is 3.05. The Bertz CT molecular complexity index is 695. The third-order valence-corrected chi connectivity index (χ3v) is 8.30. The monoisotopic (exact) mass is 392 g/mol. The fraction of sp³-hybridized carbons (Fsp3) is 0.667. The summed E-state index contributed by atoms with van der Waals surface area (Å²) in [6.45, 7) is 4.61. The van der Waals surface area contributed by atoms with E-state index in [0.717, 1.165) is 16.2 Å². The van der Waals surface area contributed by atoms with E-state index in [1.54, 1.807) is 12.1 Å². The van der Waals surface area contributed by atoms with Gasteiger partial charge in [0.2, 0.25) is 0 Å². The van der Waals surface area contributed by atoms with E-state index in [0.29, 0.717) is 43.0 Å². The molecule has 2 aliphatic rings. The fourth-order valence-electron chi connectivity index (χ4n) is 3.03. The van der Waals surface area contributed by atoms with Gasteiger partial charge in [-0.2, -0.15) is 4.31 Å². The van der Waals surface area contributed by atoms with Gasteiger partial charge in [-0.1, -0.05) is 11.6 Å². The fourth-order valence-corrected chi connectivity index (χ4v) is 6.11. The van der Waals surface area contributed by atoms with Crippen LogP contribution >= 0.6 is 22.9 Å². The molecule has 1 aromatic heterocycles. The topological polar surface area (TPSA) is 70.9 Å². The second-order valence-electron chi connectivity index (χ2n) is 6.58. The number of quaternary nitrogens is 1. The zero-order valence-electron chi connectivity index (χ0n) is 13.6. The first-order valence-electron chi connectivity index (χ1n) is 8.24.